The highest BCUT2D eigenvalue weighted by Crippen LogP contribution is 2.43. The van der Waals surface area contributed by atoms with Crippen molar-refractivity contribution >= 4 is 17.8 Å². The maximum absolute atomic E-state index is 12.1. The Morgan fingerprint density at radius 3 is 2.85 bits per heavy atom. The van der Waals surface area contributed by atoms with E-state index in [1.165, 1.54) is 11.3 Å². The lowest BCUT2D eigenvalue weighted by atomic mass is 9.79. The molecule has 27 heavy (non-hydrogen) atoms. The molecule has 142 valence electrons. The van der Waals surface area contributed by atoms with Crippen LogP contribution in [0.5, 0.6) is 0 Å². The number of rotatable bonds is 4. The molecule has 3 rings (SSSR count). The zero-order valence-electron chi connectivity index (χ0n) is 16.8. The lowest BCUT2D eigenvalue weighted by molar-refractivity contribution is 0.0950. The second-order valence-corrected chi connectivity index (χ2v) is 7.84. The molecule has 1 aliphatic rings. The van der Waals surface area contributed by atoms with Crippen molar-refractivity contribution in [2.24, 2.45) is 5.10 Å². The predicted octanol–water partition coefficient (Wildman–Crippen LogP) is 4.27. The largest absolute Gasteiger partial charge is 0.366 e. The molecule has 1 amide bonds. The summed E-state index contributed by atoms with van der Waals surface area (Å²) in [5.41, 5.74) is 7.89. The lowest BCUT2D eigenvalue weighted by Crippen LogP contribution is -2.48. The van der Waals surface area contributed by atoms with Crippen molar-refractivity contribution in [3.8, 4) is 0 Å². The molecule has 1 aromatic heterocycles. The number of aromatic nitrogens is 1. The van der Waals surface area contributed by atoms with Crippen LogP contribution in [0.3, 0.4) is 0 Å². The predicted molar refractivity (Wildman–Crippen MR) is 111 cm³/mol. The molecule has 5 nitrogen and oxygen atoms in total. The maximum Gasteiger partial charge on any atom is 0.289 e. The van der Waals surface area contributed by atoms with E-state index in [2.05, 4.69) is 67.2 Å². The first-order valence-electron chi connectivity index (χ1n) is 9.50. The standard InChI is InChI=1S/C22H28N4O/c1-6-26-20-11-15(2)17(12-18(20)16(3)13-22(26,4)5)14-24-25-21(27)19-9-7-8-10-23-19/h7-12,14,16H,6,13H2,1-5H3,(H,25,27)/b24-14-/t16-/m1/s1. The molecule has 1 aliphatic heterocycles. The molecule has 0 saturated heterocycles. The molecule has 1 N–H and O–H groups in total. The number of anilines is 1. The van der Waals surface area contributed by atoms with Gasteiger partial charge in [-0.25, -0.2) is 5.43 Å². The first-order chi connectivity index (χ1) is 12.8. The topological polar surface area (TPSA) is 57.6 Å². The fourth-order valence-corrected chi connectivity index (χ4v) is 4.10. The number of benzene rings is 1. The van der Waals surface area contributed by atoms with Crippen molar-refractivity contribution in [2.75, 3.05) is 11.4 Å². The van der Waals surface area contributed by atoms with Crippen LogP contribution in [0, 0.1) is 6.92 Å². The van der Waals surface area contributed by atoms with Gasteiger partial charge in [0.25, 0.3) is 5.91 Å². The molecule has 2 aromatic rings. The van der Waals surface area contributed by atoms with Crippen molar-refractivity contribution < 1.29 is 4.79 Å². The maximum atomic E-state index is 12.1. The van der Waals surface area contributed by atoms with Crippen LogP contribution in [0.15, 0.2) is 41.6 Å². The monoisotopic (exact) mass is 364 g/mol. The fraction of sp³-hybridized carbons (Fsp3) is 0.409. The van der Waals surface area contributed by atoms with Crippen molar-refractivity contribution in [1.29, 1.82) is 0 Å². The number of aryl methyl sites for hydroxylation is 1. The number of nitrogens with one attached hydrogen (secondary N) is 1. The summed E-state index contributed by atoms with van der Waals surface area (Å²) in [4.78, 5) is 18.6. The Morgan fingerprint density at radius 2 is 2.19 bits per heavy atom. The average Bonchev–Trinajstić information content (AvgIpc) is 2.63. The van der Waals surface area contributed by atoms with Gasteiger partial charge in [0.1, 0.15) is 5.69 Å². The molecular weight excluding hydrogens is 336 g/mol. The third-order valence-electron chi connectivity index (χ3n) is 5.36. The molecule has 5 heteroatoms. The van der Waals surface area contributed by atoms with E-state index in [1.807, 2.05) is 0 Å². The number of hydrogen-bond acceptors (Lipinski definition) is 4. The third-order valence-corrected chi connectivity index (χ3v) is 5.36. The smallest absolute Gasteiger partial charge is 0.289 e. The number of carbonyl (C=O) groups is 1. The number of amides is 1. The van der Waals surface area contributed by atoms with E-state index in [1.54, 1.807) is 30.6 Å². The molecular formula is C22H28N4O. The molecule has 0 fully saturated rings. The summed E-state index contributed by atoms with van der Waals surface area (Å²) in [6.45, 7) is 12.2. The second-order valence-electron chi connectivity index (χ2n) is 7.84. The Bertz CT molecular complexity index is 858. The number of carbonyl (C=O) groups excluding carboxylic acids is 1. The van der Waals surface area contributed by atoms with Gasteiger partial charge < -0.3 is 4.90 Å². The van der Waals surface area contributed by atoms with Crippen LogP contribution in [0.1, 0.15) is 67.2 Å². The van der Waals surface area contributed by atoms with Crippen LogP contribution >= 0.6 is 0 Å². The van der Waals surface area contributed by atoms with Crippen molar-refractivity contribution in [1.82, 2.24) is 10.4 Å². The van der Waals surface area contributed by atoms with Gasteiger partial charge in [0.05, 0.1) is 6.21 Å². The number of hydrogen-bond donors (Lipinski definition) is 1. The molecule has 0 aliphatic carbocycles. The number of fused-ring (bicyclic) bond motifs is 1. The van der Waals surface area contributed by atoms with Crippen molar-refractivity contribution in [3.63, 3.8) is 0 Å². The first kappa shape index (κ1) is 19.1. The minimum Gasteiger partial charge on any atom is -0.366 e. The molecule has 0 spiro atoms. The van der Waals surface area contributed by atoms with E-state index in [9.17, 15) is 4.79 Å². The van der Waals surface area contributed by atoms with Gasteiger partial charge in [-0.05, 0) is 81.0 Å². The second kappa shape index (κ2) is 7.51. The molecule has 1 atom stereocenters. The number of pyridine rings is 1. The van der Waals surface area contributed by atoms with Gasteiger partial charge in [-0.1, -0.05) is 13.0 Å². The molecule has 1 aromatic carbocycles. The van der Waals surface area contributed by atoms with Crippen LogP contribution < -0.4 is 10.3 Å². The van der Waals surface area contributed by atoms with Gasteiger partial charge in [-0.15, -0.1) is 0 Å². The Morgan fingerprint density at radius 1 is 1.41 bits per heavy atom. The van der Waals surface area contributed by atoms with Gasteiger partial charge in [-0.3, -0.25) is 9.78 Å². The Labute approximate surface area is 161 Å². The molecule has 0 saturated carbocycles. The van der Waals surface area contributed by atoms with Crippen LogP contribution in [-0.4, -0.2) is 29.2 Å². The van der Waals surface area contributed by atoms with E-state index >= 15 is 0 Å². The first-order valence-corrected chi connectivity index (χ1v) is 9.50. The average molecular weight is 364 g/mol. The van der Waals surface area contributed by atoms with E-state index in [0.29, 0.717) is 11.6 Å². The zero-order valence-corrected chi connectivity index (χ0v) is 16.8. The van der Waals surface area contributed by atoms with Gasteiger partial charge in [0, 0.05) is 24.0 Å². The highest BCUT2D eigenvalue weighted by atomic mass is 16.2. The summed E-state index contributed by atoms with van der Waals surface area (Å²) >= 11 is 0. The quantitative estimate of drug-likeness (QED) is 0.651. The summed E-state index contributed by atoms with van der Waals surface area (Å²) in [6, 6.07) is 9.68. The van der Waals surface area contributed by atoms with Gasteiger partial charge in [0.2, 0.25) is 0 Å². The minimum absolute atomic E-state index is 0.153. The van der Waals surface area contributed by atoms with E-state index in [4.69, 9.17) is 0 Å². The highest BCUT2D eigenvalue weighted by Gasteiger charge is 2.35. The molecule has 0 bridgehead atoms. The summed E-state index contributed by atoms with van der Waals surface area (Å²) in [5, 5.41) is 4.14. The van der Waals surface area contributed by atoms with Gasteiger partial charge in [-0.2, -0.15) is 5.10 Å². The number of nitrogens with zero attached hydrogens (tertiary/aromatic N) is 3. The molecule has 0 radical (unpaired) electrons. The Balaban J connectivity index is 1.84. The minimum atomic E-state index is -0.310. The third kappa shape index (κ3) is 3.87. The highest BCUT2D eigenvalue weighted by molar-refractivity contribution is 5.93. The Kier molecular flexibility index (Phi) is 5.31. The summed E-state index contributed by atoms with van der Waals surface area (Å²) < 4.78 is 0. The SMILES string of the molecule is CCN1c2cc(C)c(/C=N\NC(=O)c3ccccn3)cc2[C@H](C)CC1(C)C. The number of hydrazone groups is 1. The molecule has 2 heterocycles. The Hall–Kier alpha value is -2.69. The van der Waals surface area contributed by atoms with Gasteiger partial charge >= 0.3 is 0 Å². The zero-order chi connectivity index (χ0) is 19.6. The fourth-order valence-electron chi connectivity index (χ4n) is 4.10. The van der Waals surface area contributed by atoms with E-state index in [0.717, 1.165) is 24.1 Å². The van der Waals surface area contributed by atoms with Crippen LogP contribution in [0.4, 0.5) is 5.69 Å². The van der Waals surface area contributed by atoms with Gasteiger partial charge in [0.15, 0.2) is 0 Å². The molecule has 0 unspecified atom stereocenters. The van der Waals surface area contributed by atoms with Crippen LogP contribution in [0.25, 0.3) is 0 Å². The summed E-state index contributed by atoms with van der Waals surface area (Å²) in [5.74, 6) is 0.170. The van der Waals surface area contributed by atoms with Crippen molar-refractivity contribution in [3.05, 3.63) is 58.9 Å². The van der Waals surface area contributed by atoms with Crippen molar-refractivity contribution in [2.45, 2.75) is 52.5 Å². The lowest BCUT2D eigenvalue weighted by Gasteiger charge is -2.47. The van der Waals surface area contributed by atoms with E-state index < -0.39 is 0 Å². The van der Waals surface area contributed by atoms with Crippen LogP contribution in [-0.2, 0) is 0 Å². The van der Waals surface area contributed by atoms with Crippen LogP contribution in [0.2, 0.25) is 0 Å². The normalized spacial score (nSPS) is 18.4. The summed E-state index contributed by atoms with van der Waals surface area (Å²) in [6.07, 6.45) is 4.43. The summed E-state index contributed by atoms with van der Waals surface area (Å²) in [7, 11) is 0. The van der Waals surface area contributed by atoms with E-state index in [-0.39, 0.29) is 11.4 Å².